The van der Waals surface area contributed by atoms with Crippen LogP contribution in [0.25, 0.3) is 0 Å². The van der Waals surface area contributed by atoms with Crippen LogP contribution >= 0.6 is 0 Å². The van der Waals surface area contributed by atoms with Crippen LogP contribution in [0.4, 0.5) is 11.6 Å². The van der Waals surface area contributed by atoms with Crippen molar-refractivity contribution < 1.29 is 0 Å². The lowest BCUT2D eigenvalue weighted by Crippen LogP contribution is -2.51. The molecule has 1 unspecified atom stereocenters. The van der Waals surface area contributed by atoms with Crippen molar-refractivity contribution in [3.05, 3.63) is 11.4 Å². The first-order chi connectivity index (χ1) is 9.74. The molecule has 1 fully saturated rings. The zero-order valence-corrected chi connectivity index (χ0v) is 14.1. The molecule has 1 atom stereocenters. The predicted octanol–water partition coefficient (Wildman–Crippen LogP) is 1.51. The summed E-state index contributed by atoms with van der Waals surface area (Å²) in [6.07, 6.45) is 0. The summed E-state index contributed by atoms with van der Waals surface area (Å²) in [7, 11) is 2.16. The van der Waals surface area contributed by atoms with Crippen LogP contribution in [-0.2, 0) is 5.41 Å². The average molecular weight is 292 g/mol. The summed E-state index contributed by atoms with van der Waals surface area (Å²) in [5, 5.41) is 0. The van der Waals surface area contributed by atoms with Gasteiger partial charge >= 0.3 is 0 Å². The first-order valence-corrected chi connectivity index (χ1v) is 7.55. The van der Waals surface area contributed by atoms with Gasteiger partial charge in [0.05, 0.1) is 0 Å². The van der Waals surface area contributed by atoms with Crippen molar-refractivity contribution in [1.29, 1.82) is 0 Å². The molecule has 0 aliphatic carbocycles. The third-order valence-corrected chi connectivity index (χ3v) is 4.03. The fourth-order valence-electron chi connectivity index (χ4n) is 2.71. The number of anilines is 2. The van der Waals surface area contributed by atoms with Gasteiger partial charge in [0.15, 0.2) is 0 Å². The van der Waals surface area contributed by atoms with E-state index >= 15 is 0 Å². The second-order valence-electron chi connectivity index (χ2n) is 7.04. The number of likely N-dealkylation sites (N-methyl/N-ethyl adjacent to an activating group) is 1. The van der Waals surface area contributed by atoms with E-state index in [1.165, 1.54) is 0 Å². The Morgan fingerprint density at radius 2 is 1.90 bits per heavy atom. The number of rotatable bonds is 2. The van der Waals surface area contributed by atoms with Gasteiger partial charge in [-0.05, 0) is 20.9 Å². The lowest BCUT2D eigenvalue weighted by molar-refractivity contribution is 0.274. The zero-order chi connectivity index (χ0) is 15.8. The Kier molecular flexibility index (Phi) is 4.39. The van der Waals surface area contributed by atoms with E-state index in [2.05, 4.69) is 55.0 Å². The van der Waals surface area contributed by atoms with E-state index in [4.69, 9.17) is 10.8 Å². The second-order valence-corrected chi connectivity index (χ2v) is 7.04. The minimum absolute atomic E-state index is 0.107. The molecule has 6 heteroatoms. The van der Waals surface area contributed by atoms with Crippen molar-refractivity contribution in [3.8, 4) is 0 Å². The Bertz CT molecular complexity index is 508. The van der Waals surface area contributed by atoms with Gasteiger partial charge in [0.2, 0.25) is 0 Å². The molecule has 3 N–H and O–H groups in total. The summed E-state index contributed by atoms with van der Waals surface area (Å²) in [6, 6.07) is 0.427. The van der Waals surface area contributed by atoms with E-state index in [-0.39, 0.29) is 5.41 Å². The first kappa shape index (κ1) is 16.0. The molecule has 0 spiro atoms. The van der Waals surface area contributed by atoms with E-state index in [0.29, 0.717) is 6.04 Å². The summed E-state index contributed by atoms with van der Waals surface area (Å²) in [6.45, 7) is 13.7. The SMILES string of the molecule is Cc1c(NN)nc(C(C)(C)C)nc1N1CCN(C)CC1C. The summed E-state index contributed by atoms with van der Waals surface area (Å²) in [4.78, 5) is 14.1. The van der Waals surface area contributed by atoms with Gasteiger partial charge in [0.1, 0.15) is 17.5 Å². The highest BCUT2D eigenvalue weighted by Gasteiger charge is 2.28. The van der Waals surface area contributed by atoms with Crippen molar-refractivity contribution in [1.82, 2.24) is 14.9 Å². The molecule has 0 bridgehead atoms. The minimum atomic E-state index is -0.107. The lowest BCUT2D eigenvalue weighted by Gasteiger charge is -2.40. The van der Waals surface area contributed by atoms with Crippen LogP contribution in [-0.4, -0.2) is 47.6 Å². The molecule has 21 heavy (non-hydrogen) atoms. The molecule has 1 aromatic rings. The number of hydrazine groups is 1. The Hall–Kier alpha value is -1.40. The van der Waals surface area contributed by atoms with Gasteiger partial charge in [-0.1, -0.05) is 20.8 Å². The highest BCUT2D eigenvalue weighted by atomic mass is 15.3. The number of aromatic nitrogens is 2. The van der Waals surface area contributed by atoms with Crippen molar-refractivity contribution in [2.75, 3.05) is 37.0 Å². The largest absolute Gasteiger partial charge is 0.351 e. The maximum Gasteiger partial charge on any atom is 0.148 e. The molecule has 0 aromatic carbocycles. The molecule has 0 amide bonds. The van der Waals surface area contributed by atoms with Gasteiger partial charge < -0.3 is 15.2 Å². The van der Waals surface area contributed by atoms with Crippen LogP contribution in [0, 0.1) is 6.92 Å². The normalized spacial score (nSPS) is 20.7. The van der Waals surface area contributed by atoms with Gasteiger partial charge in [-0.25, -0.2) is 15.8 Å². The van der Waals surface area contributed by atoms with Gasteiger partial charge in [-0.2, -0.15) is 0 Å². The van der Waals surface area contributed by atoms with E-state index in [1.54, 1.807) is 0 Å². The molecule has 1 aliphatic rings. The van der Waals surface area contributed by atoms with Crippen LogP contribution < -0.4 is 16.2 Å². The number of nitrogen functional groups attached to an aromatic ring is 1. The Morgan fingerprint density at radius 3 is 2.43 bits per heavy atom. The molecule has 2 heterocycles. The third kappa shape index (κ3) is 3.27. The second kappa shape index (κ2) is 5.77. The standard InChI is InChI=1S/C15H28N6/c1-10-9-20(6)7-8-21(10)13-11(2)12(19-16)17-14(18-13)15(3,4)5/h10H,7-9,16H2,1-6H3,(H,17,18,19). The average Bonchev–Trinajstić information content (AvgIpc) is 2.38. The quantitative estimate of drug-likeness (QED) is 0.636. The number of hydrogen-bond acceptors (Lipinski definition) is 6. The molecule has 2 rings (SSSR count). The van der Waals surface area contributed by atoms with Crippen LogP contribution in [0.15, 0.2) is 0 Å². The molecule has 0 saturated carbocycles. The molecule has 1 saturated heterocycles. The van der Waals surface area contributed by atoms with Crippen molar-refractivity contribution in [3.63, 3.8) is 0 Å². The van der Waals surface area contributed by atoms with Gasteiger partial charge in [0, 0.05) is 36.7 Å². The zero-order valence-electron chi connectivity index (χ0n) is 14.1. The molecule has 1 aliphatic heterocycles. The van der Waals surface area contributed by atoms with E-state index in [9.17, 15) is 0 Å². The molecule has 1 aromatic heterocycles. The van der Waals surface area contributed by atoms with Crippen molar-refractivity contribution in [2.24, 2.45) is 5.84 Å². The maximum atomic E-state index is 5.65. The molecular weight excluding hydrogens is 264 g/mol. The van der Waals surface area contributed by atoms with Gasteiger partial charge in [0.25, 0.3) is 0 Å². The van der Waals surface area contributed by atoms with E-state index in [0.717, 1.165) is 42.7 Å². The number of piperazine rings is 1. The van der Waals surface area contributed by atoms with Crippen LogP contribution in [0.3, 0.4) is 0 Å². The van der Waals surface area contributed by atoms with Crippen LogP contribution in [0.5, 0.6) is 0 Å². The number of nitrogens with one attached hydrogen (secondary N) is 1. The highest BCUT2D eigenvalue weighted by Crippen LogP contribution is 2.29. The summed E-state index contributed by atoms with van der Waals surface area (Å²) in [5.41, 5.74) is 3.63. The Labute approximate surface area is 127 Å². The van der Waals surface area contributed by atoms with Crippen LogP contribution in [0.1, 0.15) is 39.1 Å². The monoisotopic (exact) mass is 292 g/mol. The Balaban J connectivity index is 2.47. The number of nitrogens with two attached hydrogens (primary N) is 1. The van der Waals surface area contributed by atoms with Crippen LogP contribution in [0.2, 0.25) is 0 Å². The summed E-state index contributed by atoms with van der Waals surface area (Å²) in [5.74, 6) is 8.19. The minimum Gasteiger partial charge on any atom is -0.351 e. The smallest absolute Gasteiger partial charge is 0.148 e. The van der Waals surface area contributed by atoms with E-state index in [1.807, 2.05) is 6.92 Å². The summed E-state index contributed by atoms with van der Waals surface area (Å²) < 4.78 is 0. The topological polar surface area (TPSA) is 70.3 Å². The molecule has 0 radical (unpaired) electrons. The lowest BCUT2D eigenvalue weighted by atomic mass is 9.95. The van der Waals surface area contributed by atoms with E-state index < -0.39 is 0 Å². The maximum absolute atomic E-state index is 5.65. The molecule has 6 nitrogen and oxygen atoms in total. The Morgan fingerprint density at radius 1 is 1.24 bits per heavy atom. The van der Waals surface area contributed by atoms with Crippen molar-refractivity contribution in [2.45, 2.75) is 46.1 Å². The van der Waals surface area contributed by atoms with Gasteiger partial charge in [-0.15, -0.1) is 0 Å². The number of nitrogens with zero attached hydrogens (tertiary/aromatic N) is 4. The van der Waals surface area contributed by atoms with Gasteiger partial charge in [-0.3, -0.25) is 0 Å². The fourth-order valence-corrected chi connectivity index (χ4v) is 2.71. The highest BCUT2D eigenvalue weighted by molar-refractivity contribution is 5.59. The molecular formula is C15H28N6. The number of hydrogen-bond donors (Lipinski definition) is 2. The third-order valence-electron chi connectivity index (χ3n) is 4.03. The predicted molar refractivity (Wildman–Crippen MR) is 87.6 cm³/mol. The first-order valence-electron chi connectivity index (χ1n) is 7.55. The molecule has 118 valence electrons. The van der Waals surface area contributed by atoms with Crippen molar-refractivity contribution >= 4 is 11.6 Å². The fraction of sp³-hybridized carbons (Fsp3) is 0.733. The summed E-state index contributed by atoms with van der Waals surface area (Å²) >= 11 is 0.